The zero-order valence-corrected chi connectivity index (χ0v) is 23.7. The molecule has 4 aromatic rings. The number of benzene rings is 2. The molecule has 0 spiro atoms. The van der Waals surface area contributed by atoms with Crippen LogP contribution in [0.4, 0.5) is 0 Å². The smallest absolute Gasteiger partial charge is 0.0349 e. The molecule has 4 heteroatoms. The Morgan fingerprint density at radius 3 is 1.40 bits per heavy atom. The molecular formula is C31H40N2S2. The van der Waals surface area contributed by atoms with Gasteiger partial charge in [-0.2, -0.15) is 0 Å². The van der Waals surface area contributed by atoms with E-state index < -0.39 is 0 Å². The minimum absolute atomic E-state index is 0.223. The van der Waals surface area contributed by atoms with Crippen molar-refractivity contribution in [2.24, 2.45) is 11.5 Å². The van der Waals surface area contributed by atoms with E-state index in [0.717, 1.165) is 6.42 Å². The van der Waals surface area contributed by atoms with Crippen molar-refractivity contribution in [2.45, 2.75) is 65.3 Å². The molecule has 2 aromatic heterocycles. The number of rotatable bonds is 5. The van der Waals surface area contributed by atoms with Gasteiger partial charge in [0.1, 0.15) is 0 Å². The van der Waals surface area contributed by atoms with Gasteiger partial charge in [0.25, 0.3) is 0 Å². The van der Waals surface area contributed by atoms with E-state index in [9.17, 15) is 0 Å². The number of thiophene rings is 2. The van der Waals surface area contributed by atoms with Gasteiger partial charge in [0.05, 0.1) is 0 Å². The molecule has 0 unspecified atom stereocenters. The van der Waals surface area contributed by atoms with Crippen LogP contribution in [0.3, 0.4) is 0 Å². The van der Waals surface area contributed by atoms with E-state index >= 15 is 0 Å². The van der Waals surface area contributed by atoms with Gasteiger partial charge in [-0.3, -0.25) is 0 Å². The van der Waals surface area contributed by atoms with Crippen molar-refractivity contribution in [2.75, 3.05) is 6.54 Å². The van der Waals surface area contributed by atoms with E-state index in [1.807, 2.05) is 28.7 Å². The second-order valence-corrected chi connectivity index (χ2v) is 13.1. The highest BCUT2D eigenvalue weighted by atomic mass is 32.1. The molecular weight excluding hydrogens is 464 g/mol. The first kappa shape index (κ1) is 27.3. The minimum atomic E-state index is 0.223. The van der Waals surface area contributed by atoms with Gasteiger partial charge in [-0.25, -0.2) is 0 Å². The van der Waals surface area contributed by atoms with Gasteiger partial charge in [0.2, 0.25) is 0 Å². The monoisotopic (exact) mass is 504 g/mol. The van der Waals surface area contributed by atoms with Crippen molar-refractivity contribution >= 4 is 22.7 Å². The topological polar surface area (TPSA) is 52.0 Å². The molecule has 2 nitrogen and oxygen atoms in total. The highest BCUT2D eigenvalue weighted by molar-refractivity contribution is 7.16. The van der Waals surface area contributed by atoms with Crippen molar-refractivity contribution in [1.29, 1.82) is 0 Å². The summed E-state index contributed by atoms with van der Waals surface area (Å²) in [5.74, 6) is 0. The summed E-state index contributed by atoms with van der Waals surface area (Å²) >= 11 is 3.76. The normalized spacial score (nSPS) is 11.8. The average Bonchev–Trinajstić information content (AvgIpc) is 3.50. The van der Waals surface area contributed by atoms with Crippen molar-refractivity contribution < 1.29 is 0 Å². The van der Waals surface area contributed by atoms with Crippen LogP contribution in [-0.4, -0.2) is 6.54 Å². The molecule has 0 aliphatic carbocycles. The first-order chi connectivity index (χ1) is 16.5. The van der Waals surface area contributed by atoms with E-state index in [1.54, 1.807) is 0 Å². The Labute approximate surface area is 220 Å². The summed E-state index contributed by atoms with van der Waals surface area (Å²) in [5.41, 5.74) is 17.1. The van der Waals surface area contributed by atoms with Crippen molar-refractivity contribution in [3.63, 3.8) is 0 Å². The Kier molecular flexibility index (Phi) is 9.11. The SMILES string of the molecule is CC(C)(C)c1ccc(-c2ccccc2CCN)s1.CC(C)(C)c1ccc(-c2ccccc2CN)s1. The van der Waals surface area contributed by atoms with E-state index in [-0.39, 0.29) is 10.8 Å². The van der Waals surface area contributed by atoms with Gasteiger partial charge in [-0.05, 0) is 70.3 Å². The molecule has 0 bridgehead atoms. The predicted octanol–water partition coefficient (Wildman–Crippen LogP) is 8.39. The first-order valence-corrected chi connectivity index (χ1v) is 13.9. The van der Waals surface area contributed by atoms with Gasteiger partial charge >= 0.3 is 0 Å². The summed E-state index contributed by atoms with van der Waals surface area (Å²) in [7, 11) is 0. The van der Waals surface area contributed by atoms with Gasteiger partial charge in [-0.15, -0.1) is 22.7 Å². The maximum atomic E-state index is 5.79. The van der Waals surface area contributed by atoms with Crippen molar-refractivity contribution in [1.82, 2.24) is 0 Å². The van der Waals surface area contributed by atoms with E-state index in [0.29, 0.717) is 13.1 Å². The standard InChI is InChI=1S/C16H21NS.C15H19NS/c1-16(2,3)15-9-8-14(18-15)13-7-5-4-6-12(13)10-11-17;1-15(2,3)14-9-8-13(17-14)12-7-5-4-6-11(12)10-16/h4-9H,10-11,17H2,1-3H3;4-9H,10,16H2,1-3H3. The highest BCUT2D eigenvalue weighted by Gasteiger charge is 2.18. The lowest BCUT2D eigenvalue weighted by Gasteiger charge is -2.15. The van der Waals surface area contributed by atoms with Crippen LogP contribution in [0.15, 0.2) is 72.8 Å². The molecule has 35 heavy (non-hydrogen) atoms. The van der Waals surface area contributed by atoms with Crippen LogP contribution in [0.25, 0.3) is 20.9 Å². The Morgan fingerprint density at radius 1 is 0.571 bits per heavy atom. The summed E-state index contributed by atoms with van der Waals surface area (Å²) in [4.78, 5) is 5.51. The molecule has 186 valence electrons. The van der Waals surface area contributed by atoms with E-state index in [4.69, 9.17) is 11.5 Å². The summed E-state index contributed by atoms with van der Waals surface area (Å²) < 4.78 is 0. The molecule has 0 atom stereocenters. The molecule has 0 aliphatic heterocycles. The lowest BCUT2D eigenvalue weighted by Crippen LogP contribution is -2.07. The molecule has 4 N–H and O–H groups in total. The van der Waals surface area contributed by atoms with Crippen molar-refractivity contribution in [3.8, 4) is 20.9 Å². The molecule has 0 amide bonds. The Balaban J connectivity index is 0.000000196. The Morgan fingerprint density at radius 2 is 1.00 bits per heavy atom. The maximum absolute atomic E-state index is 5.79. The van der Waals surface area contributed by atoms with Crippen LogP contribution in [-0.2, 0) is 23.8 Å². The van der Waals surface area contributed by atoms with E-state index in [2.05, 4.69) is 108 Å². The third-order valence-corrected chi connectivity index (χ3v) is 8.98. The van der Waals surface area contributed by atoms with Gasteiger partial charge < -0.3 is 11.5 Å². The zero-order valence-electron chi connectivity index (χ0n) is 22.0. The third kappa shape index (κ3) is 7.14. The molecule has 0 saturated carbocycles. The molecule has 0 radical (unpaired) electrons. The fourth-order valence-corrected chi connectivity index (χ4v) is 6.09. The number of hydrogen-bond acceptors (Lipinski definition) is 4. The van der Waals surface area contributed by atoms with Crippen LogP contribution in [0.1, 0.15) is 62.4 Å². The van der Waals surface area contributed by atoms with E-state index in [1.165, 1.54) is 41.8 Å². The summed E-state index contributed by atoms with van der Waals surface area (Å²) in [6.45, 7) is 14.8. The fraction of sp³-hybridized carbons (Fsp3) is 0.355. The summed E-state index contributed by atoms with van der Waals surface area (Å²) in [6.07, 6.45) is 0.943. The van der Waals surface area contributed by atoms with Crippen LogP contribution in [0.5, 0.6) is 0 Å². The van der Waals surface area contributed by atoms with Crippen molar-refractivity contribution in [3.05, 3.63) is 93.7 Å². The maximum Gasteiger partial charge on any atom is 0.0349 e. The molecule has 2 heterocycles. The molecule has 0 fully saturated rings. The molecule has 2 aromatic carbocycles. The second kappa shape index (κ2) is 11.7. The number of hydrogen-bond donors (Lipinski definition) is 2. The Bertz CT molecular complexity index is 1220. The van der Waals surface area contributed by atoms with Crippen LogP contribution >= 0.6 is 22.7 Å². The zero-order chi connectivity index (χ0) is 25.6. The van der Waals surface area contributed by atoms with Gasteiger partial charge in [0, 0.05) is 26.1 Å². The lowest BCUT2D eigenvalue weighted by atomic mass is 9.95. The number of nitrogens with two attached hydrogens (primary N) is 2. The first-order valence-electron chi connectivity index (χ1n) is 12.3. The van der Waals surface area contributed by atoms with Crippen LogP contribution < -0.4 is 11.5 Å². The van der Waals surface area contributed by atoms with Gasteiger partial charge in [-0.1, -0.05) is 90.1 Å². The summed E-state index contributed by atoms with van der Waals surface area (Å²) in [6, 6.07) is 25.9. The molecule has 0 aliphatic rings. The fourth-order valence-electron chi connectivity index (χ4n) is 3.84. The predicted molar refractivity (Wildman–Crippen MR) is 158 cm³/mol. The second-order valence-electron chi connectivity index (χ2n) is 10.9. The highest BCUT2D eigenvalue weighted by Crippen LogP contribution is 2.37. The average molecular weight is 505 g/mol. The van der Waals surface area contributed by atoms with Gasteiger partial charge in [0.15, 0.2) is 0 Å². The third-order valence-electron chi connectivity index (χ3n) is 5.89. The molecule has 0 saturated heterocycles. The molecule has 4 rings (SSSR count). The lowest BCUT2D eigenvalue weighted by molar-refractivity contribution is 0.603. The largest absolute Gasteiger partial charge is 0.330 e. The van der Waals surface area contributed by atoms with Crippen LogP contribution in [0.2, 0.25) is 0 Å². The van der Waals surface area contributed by atoms with Crippen LogP contribution in [0, 0.1) is 0 Å². The quantitative estimate of drug-likeness (QED) is 0.287. The Hall–Kier alpha value is -2.24. The minimum Gasteiger partial charge on any atom is -0.330 e. The summed E-state index contributed by atoms with van der Waals surface area (Å²) in [5, 5.41) is 0.